The van der Waals surface area contributed by atoms with Crippen molar-refractivity contribution >= 4 is 18.5 Å². The molecule has 25 heavy (non-hydrogen) atoms. The molecule has 3 aromatic carbocycles. The second-order valence-electron chi connectivity index (χ2n) is 6.58. The molecule has 3 aromatic rings. The minimum atomic E-state index is -0.310. The molecule has 0 amide bonds. The zero-order chi connectivity index (χ0) is 17.5. The van der Waals surface area contributed by atoms with E-state index in [1.165, 1.54) is 34.3 Å². The molecule has 0 fully saturated rings. The molecule has 0 saturated heterocycles. The Morgan fingerprint density at radius 2 is 1.24 bits per heavy atom. The first-order valence-electron chi connectivity index (χ1n) is 9.25. The Balaban J connectivity index is 1.85. The summed E-state index contributed by atoms with van der Waals surface area (Å²) in [6.45, 7) is 4.62. The fourth-order valence-electron chi connectivity index (χ4n) is 3.32. The molecule has 0 N–H and O–H groups in total. The summed E-state index contributed by atoms with van der Waals surface area (Å²) >= 11 is 0. The molecule has 1 atom stereocenters. The van der Waals surface area contributed by atoms with Gasteiger partial charge in [-0.05, 0) is 54.6 Å². The highest BCUT2D eigenvalue weighted by Crippen LogP contribution is 2.35. The van der Waals surface area contributed by atoms with Gasteiger partial charge in [0.1, 0.15) is 0 Å². The fourth-order valence-corrected chi connectivity index (χ4v) is 5.66. The van der Waals surface area contributed by atoms with Gasteiger partial charge in [-0.1, -0.05) is 98.8 Å². The molecular weight excluding hydrogens is 319 g/mol. The molecule has 0 bridgehead atoms. The van der Waals surface area contributed by atoms with Gasteiger partial charge in [-0.15, -0.1) is 0 Å². The quantitative estimate of drug-likeness (QED) is 0.469. The highest BCUT2D eigenvalue weighted by Gasteiger charge is 2.15. The van der Waals surface area contributed by atoms with Crippen molar-refractivity contribution in [3.63, 3.8) is 0 Å². The third-order valence-electron chi connectivity index (χ3n) is 4.94. The lowest BCUT2D eigenvalue weighted by atomic mass is 9.93. The van der Waals surface area contributed by atoms with Crippen LogP contribution >= 0.6 is 7.92 Å². The van der Waals surface area contributed by atoms with Crippen molar-refractivity contribution in [2.24, 2.45) is 0 Å². The van der Waals surface area contributed by atoms with E-state index >= 15 is 0 Å². The van der Waals surface area contributed by atoms with E-state index in [9.17, 15) is 0 Å². The summed E-state index contributed by atoms with van der Waals surface area (Å²) in [5, 5.41) is 2.95. The molecular formula is C24H27P. The van der Waals surface area contributed by atoms with Gasteiger partial charge in [-0.2, -0.15) is 0 Å². The second-order valence-corrected chi connectivity index (χ2v) is 8.92. The van der Waals surface area contributed by atoms with E-state index in [-0.39, 0.29) is 7.92 Å². The Morgan fingerprint density at radius 1 is 0.720 bits per heavy atom. The number of benzene rings is 3. The van der Waals surface area contributed by atoms with Crippen LogP contribution in [0.4, 0.5) is 0 Å². The highest BCUT2D eigenvalue weighted by atomic mass is 31.1. The summed E-state index contributed by atoms with van der Waals surface area (Å²) in [5.41, 5.74) is 3.05. The summed E-state index contributed by atoms with van der Waals surface area (Å²) < 4.78 is 0. The van der Waals surface area contributed by atoms with Crippen LogP contribution in [0, 0.1) is 0 Å². The smallest absolute Gasteiger partial charge is 0.0190 e. The van der Waals surface area contributed by atoms with Crippen LogP contribution in [0.2, 0.25) is 0 Å². The van der Waals surface area contributed by atoms with Crippen LogP contribution < -0.4 is 10.6 Å². The van der Waals surface area contributed by atoms with Crippen molar-refractivity contribution in [2.45, 2.75) is 32.6 Å². The van der Waals surface area contributed by atoms with E-state index in [2.05, 4.69) is 98.8 Å². The molecule has 0 aliphatic carbocycles. The molecule has 0 aliphatic rings. The van der Waals surface area contributed by atoms with Crippen molar-refractivity contribution < 1.29 is 0 Å². The van der Waals surface area contributed by atoms with E-state index in [0.29, 0.717) is 5.92 Å². The van der Waals surface area contributed by atoms with Gasteiger partial charge < -0.3 is 0 Å². The molecule has 1 heteroatoms. The molecule has 0 aliphatic heterocycles. The van der Waals surface area contributed by atoms with Crippen molar-refractivity contribution in [1.29, 1.82) is 0 Å². The summed E-state index contributed by atoms with van der Waals surface area (Å²) in [6.07, 6.45) is 3.55. The summed E-state index contributed by atoms with van der Waals surface area (Å²) in [6, 6.07) is 31.1. The van der Waals surface area contributed by atoms with Crippen molar-refractivity contribution in [3.05, 3.63) is 96.1 Å². The minimum Gasteiger partial charge on any atom is -0.0648 e. The largest absolute Gasteiger partial charge is 0.0648 e. The standard InChI is InChI=1S/C24H27P/c1-3-20(2)24-17-11-10-12-21(24)18-19-25(22-13-6-4-7-14-22)23-15-8-5-9-16-23/h4-17,20H,3,18-19H2,1-2H3. The molecule has 1 unspecified atom stereocenters. The van der Waals surface area contributed by atoms with Gasteiger partial charge in [0.05, 0.1) is 0 Å². The molecule has 0 aromatic heterocycles. The number of hydrogen-bond acceptors (Lipinski definition) is 0. The van der Waals surface area contributed by atoms with Crippen LogP contribution in [0.25, 0.3) is 0 Å². The summed E-state index contributed by atoms with van der Waals surface area (Å²) in [7, 11) is -0.310. The van der Waals surface area contributed by atoms with E-state index in [0.717, 1.165) is 6.42 Å². The molecule has 0 heterocycles. The molecule has 0 radical (unpaired) electrons. The van der Waals surface area contributed by atoms with Crippen LogP contribution in [0.1, 0.15) is 37.3 Å². The Hall–Kier alpha value is -1.91. The van der Waals surface area contributed by atoms with Crippen molar-refractivity contribution in [2.75, 3.05) is 6.16 Å². The van der Waals surface area contributed by atoms with E-state index < -0.39 is 0 Å². The number of aryl methyl sites for hydroxylation is 1. The van der Waals surface area contributed by atoms with E-state index in [4.69, 9.17) is 0 Å². The predicted octanol–water partition coefficient (Wildman–Crippen LogP) is 5.88. The Morgan fingerprint density at radius 3 is 1.80 bits per heavy atom. The lowest BCUT2D eigenvalue weighted by molar-refractivity contribution is 0.724. The number of hydrogen-bond donors (Lipinski definition) is 0. The first kappa shape index (κ1) is 17.9. The van der Waals surface area contributed by atoms with Crippen LogP contribution in [0.3, 0.4) is 0 Å². The van der Waals surface area contributed by atoms with Gasteiger partial charge in [0, 0.05) is 0 Å². The number of rotatable bonds is 7. The second kappa shape index (κ2) is 8.97. The first-order chi connectivity index (χ1) is 12.3. The fraction of sp³-hybridized carbons (Fsp3) is 0.250. The molecule has 128 valence electrons. The van der Waals surface area contributed by atoms with E-state index in [1.54, 1.807) is 0 Å². The Labute approximate surface area is 153 Å². The van der Waals surface area contributed by atoms with Gasteiger partial charge in [-0.25, -0.2) is 0 Å². The third-order valence-corrected chi connectivity index (χ3v) is 7.45. The van der Waals surface area contributed by atoms with Crippen LogP contribution in [0.5, 0.6) is 0 Å². The molecule has 0 saturated carbocycles. The Bertz CT molecular complexity index is 725. The van der Waals surface area contributed by atoms with Gasteiger partial charge in [0.2, 0.25) is 0 Å². The zero-order valence-electron chi connectivity index (χ0n) is 15.2. The Kier molecular flexibility index (Phi) is 6.42. The maximum absolute atomic E-state index is 2.34. The van der Waals surface area contributed by atoms with Gasteiger partial charge in [0.15, 0.2) is 0 Å². The van der Waals surface area contributed by atoms with Crippen LogP contribution in [0.15, 0.2) is 84.9 Å². The summed E-state index contributed by atoms with van der Waals surface area (Å²) in [4.78, 5) is 0. The maximum atomic E-state index is 2.34. The zero-order valence-corrected chi connectivity index (χ0v) is 16.1. The lowest BCUT2D eigenvalue weighted by Gasteiger charge is -2.21. The van der Waals surface area contributed by atoms with Gasteiger partial charge in [-0.3, -0.25) is 0 Å². The van der Waals surface area contributed by atoms with Crippen molar-refractivity contribution in [1.82, 2.24) is 0 Å². The molecule has 0 spiro atoms. The van der Waals surface area contributed by atoms with Gasteiger partial charge >= 0.3 is 0 Å². The van der Waals surface area contributed by atoms with Crippen LogP contribution in [-0.2, 0) is 6.42 Å². The topological polar surface area (TPSA) is 0 Å². The SMILES string of the molecule is CCC(C)c1ccccc1CCP(c1ccccc1)c1ccccc1. The van der Waals surface area contributed by atoms with Crippen LogP contribution in [-0.4, -0.2) is 6.16 Å². The van der Waals surface area contributed by atoms with E-state index in [1.807, 2.05) is 0 Å². The first-order valence-corrected chi connectivity index (χ1v) is 10.8. The minimum absolute atomic E-state index is 0.310. The van der Waals surface area contributed by atoms with Crippen molar-refractivity contribution in [3.8, 4) is 0 Å². The average Bonchev–Trinajstić information content (AvgIpc) is 2.69. The lowest BCUT2D eigenvalue weighted by Crippen LogP contribution is -2.15. The monoisotopic (exact) mass is 346 g/mol. The maximum Gasteiger partial charge on any atom is -0.0190 e. The normalized spacial score (nSPS) is 12.3. The third kappa shape index (κ3) is 4.59. The summed E-state index contributed by atoms with van der Waals surface area (Å²) in [5.74, 6) is 0.635. The molecule has 0 nitrogen and oxygen atoms in total. The highest BCUT2D eigenvalue weighted by molar-refractivity contribution is 7.73. The van der Waals surface area contributed by atoms with Gasteiger partial charge in [0.25, 0.3) is 0 Å². The predicted molar refractivity (Wildman–Crippen MR) is 113 cm³/mol. The average molecular weight is 346 g/mol. The molecule has 3 rings (SSSR count).